The van der Waals surface area contributed by atoms with Crippen LogP contribution in [-0.4, -0.2) is 53.4 Å². The summed E-state index contributed by atoms with van der Waals surface area (Å²) in [5, 5.41) is 7.87. The summed E-state index contributed by atoms with van der Waals surface area (Å²) in [4.78, 5) is 14.6. The highest BCUT2D eigenvalue weighted by Gasteiger charge is 2.27. The van der Waals surface area contributed by atoms with E-state index in [1.807, 2.05) is 24.3 Å². The van der Waals surface area contributed by atoms with Crippen molar-refractivity contribution in [3.05, 3.63) is 65.6 Å². The van der Waals surface area contributed by atoms with Gasteiger partial charge in [0.05, 0.1) is 31.4 Å². The van der Waals surface area contributed by atoms with Crippen LogP contribution in [0.1, 0.15) is 16.1 Å². The molecule has 6 nitrogen and oxygen atoms in total. The van der Waals surface area contributed by atoms with Gasteiger partial charge in [-0.3, -0.25) is 9.89 Å². The quantitative estimate of drug-likeness (QED) is 0.751. The minimum Gasteiger partial charge on any atom is -0.374 e. The molecule has 1 saturated heterocycles. The molecule has 1 aliphatic rings. The van der Waals surface area contributed by atoms with Crippen molar-refractivity contribution in [2.24, 2.45) is 0 Å². The van der Waals surface area contributed by atoms with E-state index >= 15 is 0 Å². The minimum atomic E-state index is -0.288. The highest BCUT2D eigenvalue weighted by molar-refractivity contribution is 6.04. The summed E-state index contributed by atoms with van der Waals surface area (Å²) < 4.78 is 24.9. The van der Waals surface area contributed by atoms with Crippen molar-refractivity contribution >= 4 is 16.8 Å². The van der Waals surface area contributed by atoms with Gasteiger partial charge in [-0.25, -0.2) is 4.39 Å². The van der Waals surface area contributed by atoms with Crippen LogP contribution < -0.4 is 0 Å². The SMILES string of the molecule is O=C(c1n[nH]c2ccccc12)N1CCOC(COCc2ccccc2F)C1. The number of H-pyrrole nitrogens is 1. The number of ether oxygens (including phenoxy) is 2. The Labute approximate surface area is 155 Å². The van der Waals surface area contributed by atoms with Crippen LogP contribution in [0.5, 0.6) is 0 Å². The third-order valence-electron chi connectivity index (χ3n) is 4.62. The molecule has 1 aliphatic heterocycles. The number of rotatable bonds is 5. The molecule has 1 N–H and O–H groups in total. The van der Waals surface area contributed by atoms with E-state index in [1.165, 1.54) is 6.07 Å². The second kappa shape index (κ2) is 7.85. The number of carbonyl (C=O) groups excluding carboxylic acids is 1. The van der Waals surface area contributed by atoms with Crippen LogP contribution in [0.15, 0.2) is 48.5 Å². The topological polar surface area (TPSA) is 67.5 Å². The maximum absolute atomic E-state index is 13.6. The number of aromatic amines is 1. The number of hydrogen-bond donors (Lipinski definition) is 1. The van der Waals surface area contributed by atoms with Gasteiger partial charge in [0.25, 0.3) is 5.91 Å². The first kappa shape index (κ1) is 17.6. The molecule has 1 amide bonds. The number of amides is 1. The monoisotopic (exact) mass is 369 g/mol. The van der Waals surface area contributed by atoms with Crippen molar-refractivity contribution in [3.63, 3.8) is 0 Å². The molecule has 2 aromatic carbocycles. The summed E-state index contributed by atoms with van der Waals surface area (Å²) >= 11 is 0. The molecule has 0 spiro atoms. The number of halogens is 1. The number of benzene rings is 2. The molecule has 140 valence electrons. The largest absolute Gasteiger partial charge is 0.374 e. The van der Waals surface area contributed by atoms with Gasteiger partial charge in [-0.15, -0.1) is 0 Å². The van der Waals surface area contributed by atoms with Gasteiger partial charge in [0.1, 0.15) is 5.82 Å². The molecule has 27 heavy (non-hydrogen) atoms. The van der Waals surface area contributed by atoms with Crippen molar-refractivity contribution in [1.29, 1.82) is 0 Å². The van der Waals surface area contributed by atoms with Crippen LogP contribution in [0.4, 0.5) is 4.39 Å². The van der Waals surface area contributed by atoms with Gasteiger partial charge < -0.3 is 14.4 Å². The van der Waals surface area contributed by atoms with E-state index in [2.05, 4.69) is 10.2 Å². The number of hydrogen-bond acceptors (Lipinski definition) is 4. The molecule has 4 rings (SSSR count). The van der Waals surface area contributed by atoms with Gasteiger partial charge in [0.2, 0.25) is 0 Å². The fraction of sp³-hybridized carbons (Fsp3) is 0.300. The summed E-state index contributed by atoms with van der Waals surface area (Å²) in [6.45, 7) is 1.81. The third-order valence-corrected chi connectivity index (χ3v) is 4.62. The van der Waals surface area contributed by atoms with Gasteiger partial charge in [0, 0.05) is 24.0 Å². The van der Waals surface area contributed by atoms with Crippen molar-refractivity contribution in [3.8, 4) is 0 Å². The Hall–Kier alpha value is -2.77. The van der Waals surface area contributed by atoms with E-state index in [1.54, 1.807) is 23.1 Å². The lowest BCUT2D eigenvalue weighted by molar-refractivity contribution is -0.0650. The Morgan fingerprint density at radius 2 is 2.07 bits per heavy atom. The number of carbonyl (C=O) groups is 1. The summed E-state index contributed by atoms with van der Waals surface area (Å²) in [6.07, 6.45) is -0.250. The lowest BCUT2D eigenvalue weighted by Crippen LogP contribution is -2.47. The molecule has 0 bridgehead atoms. The highest BCUT2D eigenvalue weighted by Crippen LogP contribution is 2.18. The zero-order valence-electron chi connectivity index (χ0n) is 14.7. The lowest BCUT2D eigenvalue weighted by atomic mass is 10.2. The summed E-state index contributed by atoms with van der Waals surface area (Å²) in [7, 11) is 0. The Morgan fingerprint density at radius 1 is 1.26 bits per heavy atom. The first-order chi connectivity index (χ1) is 13.2. The van der Waals surface area contributed by atoms with Gasteiger partial charge in [-0.1, -0.05) is 36.4 Å². The molecule has 1 unspecified atom stereocenters. The minimum absolute atomic E-state index is 0.130. The maximum Gasteiger partial charge on any atom is 0.275 e. The second-order valence-electron chi connectivity index (χ2n) is 6.47. The number of morpholine rings is 1. The fourth-order valence-electron chi connectivity index (χ4n) is 3.20. The van der Waals surface area contributed by atoms with Crippen LogP contribution in [0, 0.1) is 5.82 Å². The van der Waals surface area contributed by atoms with Gasteiger partial charge >= 0.3 is 0 Å². The predicted molar refractivity (Wildman–Crippen MR) is 97.8 cm³/mol. The zero-order chi connectivity index (χ0) is 18.6. The van der Waals surface area contributed by atoms with Crippen LogP contribution >= 0.6 is 0 Å². The molecule has 1 aromatic heterocycles. The van der Waals surface area contributed by atoms with E-state index in [4.69, 9.17) is 9.47 Å². The number of nitrogens with zero attached hydrogens (tertiary/aromatic N) is 2. The van der Waals surface area contributed by atoms with Gasteiger partial charge in [-0.2, -0.15) is 5.10 Å². The molecule has 0 aliphatic carbocycles. The standard InChI is InChI=1S/C20H20FN3O3/c21-17-7-3-1-5-14(17)12-26-13-15-11-24(9-10-27-15)20(25)19-16-6-2-4-8-18(16)22-23-19/h1-8,15H,9-13H2,(H,22,23). The average molecular weight is 369 g/mol. The number of aromatic nitrogens is 2. The summed E-state index contributed by atoms with van der Waals surface area (Å²) in [5.41, 5.74) is 1.75. The first-order valence-electron chi connectivity index (χ1n) is 8.87. The number of nitrogens with one attached hydrogen (secondary N) is 1. The molecular formula is C20H20FN3O3. The molecule has 1 fully saturated rings. The van der Waals surface area contributed by atoms with Crippen molar-refractivity contribution in [2.45, 2.75) is 12.7 Å². The highest BCUT2D eigenvalue weighted by atomic mass is 19.1. The van der Waals surface area contributed by atoms with Gasteiger partial charge in [0.15, 0.2) is 5.69 Å². The molecule has 1 atom stereocenters. The molecule has 0 saturated carbocycles. The van der Waals surface area contributed by atoms with Crippen LogP contribution in [0.3, 0.4) is 0 Å². The normalized spacial score (nSPS) is 17.4. The van der Waals surface area contributed by atoms with Crippen LogP contribution in [-0.2, 0) is 16.1 Å². The van der Waals surface area contributed by atoms with Crippen molar-refractivity contribution in [2.75, 3.05) is 26.3 Å². The summed E-state index contributed by atoms with van der Waals surface area (Å²) in [6, 6.07) is 14.1. The maximum atomic E-state index is 13.6. The Bertz CT molecular complexity index is 943. The van der Waals surface area contributed by atoms with Crippen molar-refractivity contribution < 1.29 is 18.7 Å². The Kier molecular flexibility index (Phi) is 5.13. The summed E-state index contributed by atoms with van der Waals surface area (Å²) in [5.74, 6) is -0.417. The van der Waals surface area contributed by atoms with Crippen LogP contribution in [0.25, 0.3) is 10.9 Å². The van der Waals surface area contributed by atoms with E-state index in [-0.39, 0.29) is 24.4 Å². The first-order valence-corrected chi connectivity index (χ1v) is 8.87. The Morgan fingerprint density at radius 3 is 2.96 bits per heavy atom. The molecule has 2 heterocycles. The fourth-order valence-corrected chi connectivity index (χ4v) is 3.20. The number of fused-ring (bicyclic) bond motifs is 1. The molecule has 0 radical (unpaired) electrons. The van der Waals surface area contributed by atoms with Crippen LogP contribution in [0.2, 0.25) is 0 Å². The second-order valence-corrected chi connectivity index (χ2v) is 6.47. The smallest absolute Gasteiger partial charge is 0.275 e. The van der Waals surface area contributed by atoms with E-state index < -0.39 is 0 Å². The van der Waals surface area contributed by atoms with E-state index in [0.29, 0.717) is 37.6 Å². The zero-order valence-corrected chi connectivity index (χ0v) is 14.7. The third kappa shape index (κ3) is 3.84. The molecule has 7 heteroatoms. The molecular weight excluding hydrogens is 349 g/mol. The molecule has 3 aromatic rings. The van der Waals surface area contributed by atoms with Gasteiger partial charge in [-0.05, 0) is 12.1 Å². The van der Waals surface area contributed by atoms with E-state index in [0.717, 1.165) is 10.9 Å². The number of para-hydroxylation sites is 1. The Balaban J connectivity index is 1.36. The average Bonchev–Trinajstić information content (AvgIpc) is 3.13. The van der Waals surface area contributed by atoms with E-state index in [9.17, 15) is 9.18 Å². The lowest BCUT2D eigenvalue weighted by Gasteiger charge is -2.32. The van der Waals surface area contributed by atoms with Crippen molar-refractivity contribution in [1.82, 2.24) is 15.1 Å². The predicted octanol–water partition coefficient (Wildman–Crippen LogP) is 2.76.